The number of unbranched alkanes of at least 4 members (excludes halogenated alkanes) is 3. The van der Waals surface area contributed by atoms with Gasteiger partial charge in [0.25, 0.3) is 0 Å². The van der Waals surface area contributed by atoms with Gasteiger partial charge in [-0.05, 0) is 86.4 Å². The second-order valence-corrected chi connectivity index (χ2v) is 10.9. The molecule has 39 heavy (non-hydrogen) atoms. The van der Waals surface area contributed by atoms with Crippen molar-refractivity contribution in [1.82, 2.24) is 0 Å². The lowest BCUT2D eigenvalue weighted by Crippen LogP contribution is -2.09. The van der Waals surface area contributed by atoms with E-state index < -0.39 is 5.97 Å². The van der Waals surface area contributed by atoms with Crippen LogP contribution in [0.4, 0.5) is 17.1 Å². The fraction of sp³-hybridized carbons (Fsp3) is 0.235. The van der Waals surface area contributed by atoms with Gasteiger partial charge < -0.3 is 10.0 Å². The lowest BCUT2D eigenvalue weighted by Gasteiger charge is -2.26. The van der Waals surface area contributed by atoms with E-state index in [0.29, 0.717) is 0 Å². The van der Waals surface area contributed by atoms with Crippen LogP contribution in [0.15, 0.2) is 84.4 Å². The monoisotopic (exact) mass is 534 g/mol. The minimum atomic E-state index is -1.20. The van der Waals surface area contributed by atoms with Crippen molar-refractivity contribution in [2.24, 2.45) is 0 Å². The Kier molecular flexibility index (Phi) is 9.35. The highest BCUT2D eigenvalue weighted by Crippen LogP contribution is 2.39. The van der Waals surface area contributed by atoms with E-state index in [0.717, 1.165) is 51.6 Å². The molecule has 5 heteroatoms. The van der Waals surface area contributed by atoms with Crippen molar-refractivity contribution in [2.75, 3.05) is 4.90 Å². The normalized spacial score (nSPS) is 11.3. The molecule has 4 nitrogen and oxygen atoms in total. The minimum Gasteiger partial charge on any atom is -0.477 e. The summed E-state index contributed by atoms with van der Waals surface area (Å²) in [7, 11) is 0. The van der Waals surface area contributed by atoms with Crippen LogP contribution in [0.25, 0.3) is 16.5 Å². The van der Waals surface area contributed by atoms with Crippen LogP contribution in [0.2, 0.25) is 0 Å². The highest BCUT2D eigenvalue weighted by Gasteiger charge is 2.16. The first-order chi connectivity index (χ1) is 18.9. The van der Waals surface area contributed by atoms with Gasteiger partial charge in [0.05, 0.1) is 0 Å². The Bertz CT molecular complexity index is 1430. The summed E-state index contributed by atoms with van der Waals surface area (Å²) in [5.74, 6) is -1.20. The molecule has 0 saturated carbocycles. The predicted molar refractivity (Wildman–Crippen MR) is 163 cm³/mol. The molecule has 0 unspecified atom stereocenters. The largest absolute Gasteiger partial charge is 0.477 e. The lowest BCUT2D eigenvalue weighted by atomic mass is 10.0. The van der Waals surface area contributed by atoms with Gasteiger partial charge in [-0.2, -0.15) is 5.26 Å². The van der Waals surface area contributed by atoms with Crippen LogP contribution >= 0.6 is 11.3 Å². The zero-order chi connectivity index (χ0) is 27.8. The number of hydrogen-bond acceptors (Lipinski definition) is 4. The Labute approximate surface area is 235 Å². The zero-order valence-corrected chi connectivity index (χ0v) is 23.6. The summed E-state index contributed by atoms with van der Waals surface area (Å²) in [4.78, 5) is 15.6. The Morgan fingerprint density at radius 1 is 0.872 bits per heavy atom. The number of benzene rings is 3. The van der Waals surface area contributed by atoms with Crippen LogP contribution in [0, 0.1) is 25.2 Å². The third kappa shape index (κ3) is 7.04. The van der Waals surface area contributed by atoms with E-state index in [1.54, 1.807) is 17.4 Å². The zero-order valence-electron chi connectivity index (χ0n) is 22.8. The van der Waals surface area contributed by atoms with Gasteiger partial charge >= 0.3 is 5.97 Å². The van der Waals surface area contributed by atoms with Crippen molar-refractivity contribution in [3.63, 3.8) is 0 Å². The van der Waals surface area contributed by atoms with Gasteiger partial charge in [-0.15, -0.1) is 11.3 Å². The molecular weight excluding hydrogens is 500 g/mol. The molecule has 4 aromatic rings. The molecule has 1 heterocycles. The van der Waals surface area contributed by atoms with Crippen LogP contribution < -0.4 is 4.90 Å². The minimum absolute atomic E-state index is 0.248. The van der Waals surface area contributed by atoms with E-state index >= 15 is 0 Å². The van der Waals surface area contributed by atoms with E-state index in [-0.39, 0.29) is 5.57 Å². The number of carboxylic acids is 1. The molecule has 0 saturated heterocycles. The summed E-state index contributed by atoms with van der Waals surface area (Å²) in [6.45, 7) is 6.39. The summed E-state index contributed by atoms with van der Waals surface area (Å²) in [6, 6.07) is 29.5. The van der Waals surface area contributed by atoms with Gasteiger partial charge in [0.1, 0.15) is 11.6 Å². The van der Waals surface area contributed by atoms with Gasteiger partial charge in [0.15, 0.2) is 0 Å². The number of carbonyl (C=O) groups is 1. The second-order valence-electron chi connectivity index (χ2n) is 9.84. The molecule has 0 atom stereocenters. The van der Waals surface area contributed by atoms with Crippen LogP contribution in [0.5, 0.6) is 0 Å². The number of carboxylic acid groups (broad SMARTS) is 1. The highest BCUT2D eigenvalue weighted by atomic mass is 32.1. The van der Waals surface area contributed by atoms with Crippen LogP contribution in [-0.4, -0.2) is 11.1 Å². The van der Waals surface area contributed by atoms with Gasteiger partial charge in [-0.25, -0.2) is 4.79 Å². The van der Waals surface area contributed by atoms with Gasteiger partial charge in [-0.3, -0.25) is 0 Å². The third-order valence-electron chi connectivity index (χ3n) is 6.74. The van der Waals surface area contributed by atoms with Gasteiger partial charge in [-0.1, -0.05) is 73.7 Å². The number of anilines is 3. The molecule has 3 aromatic carbocycles. The fourth-order valence-corrected chi connectivity index (χ4v) is 5.73. The molecule has 0 bridgehead atoms. The standard InChI is InChI=1S/C34H34N2O2S/c1-4-5-6-7-8-27-21-32(22-28(23-35)34(37)38)39-33(27)26-13-19-31(20-14-26)36(29-15-9-24(2)10-16-29)30-17-11-25(3)12-18-30/h9-22H,4-8H2,1-3H3,(H,37,38)/b28-22+. The third-order valence-corrected chi connectivity index (χ3v) is 7.91. The fourth-order valence-electron chi connectivity index (χ4n) is 4.57. The maximum absolute atomic E-state index is 11.4. The maximum atomic E-state index is 11.4. The Hall–Kier alpha value is -4.14. The molecule has 1 aromatic heterocycles. The molecule has 0 radical (unpaired) electrons. The quantitative estimate of drug-likeness (QED) is 0.118. The van der Waals surface area contributed by atoms with E-state index in [2.05, 4.69) is 98.5 Å². The van der Waals surface area contributed by atoms with Crippen molar-refractivity contribution in [1.29, 1.82) is 5.26 Å². The average molecular weight is 535 g/mol. The molecular formula is C34H34N2O2S. The molecule has 0 amide bonds. The number of hydrogen-bond donors (Lipinski definition) is 1. The number of thiophene rings is 1. The Morgan fingerprint density at radius 2 is 1.41 bits per heavy atom. The molecule has 0 spiro atoms. The summed E-state index contributed by atoms with van der Waals surface area (Å²) in [5, 5.41) is 18.6. The Balaban J connectivity index is 1.72. The molecule has 0 fully saturated rings. The van der Waals surface area contributed by atoms with Crippen molar-refractivity contribution in [3.8, 4) is 16.5 Å². The summed E-state index contributed by atoms with van der Waals surface area (Å²) >= 11 is 1.54. The number of aliphatic carboxylic acids is 1. The predicted octanol–water partition coefficient (Wildman–Crippen LogP) is 9.62. The first kappa shape index (κ1) is 27.9. The molecule has 0 aliphatic carbocycles. The number of nitriles is 1. The lowest BCUT2D eigenvalue weighted by molar-refractivity contribution is -0.132. The van der Waals surface area contributed by atoms with Crippen molar-refractivity contribution >= 4 is 40.4 Å². The Morgan fingerprint density at radius 3 is 1.90 bits per heavy atom. The molecule has 0 aliphatic rings. The molecule has 1 N–H and O–H groups in total. The second kappa shape index (κ2) is 13.1. The van der Waals surface area contributed by atoms with Crippen LogP contribution in [0.1, 0.15) is 54.2 Å². The number of rotatable bonds is 11. The first-order valence-corrected chi connectivity index (χ1v) is 14.2. The summed E-state index contributed by atoms with van der Waals surface area (Å²) in [5.41, 5.74) is 7.73. The van der Waals surface area contributed by atoms with Gasteiger partial charge in [0, 0.05) is 26.8 Å². The first-order valence-electron chi connectivity index (χ1n) is 13.4. The molecule has 0 aliphatic heterocycles. The SMILES string of the molecule is CCCCCCc1cc(/C=C(\C#N)C(=O)O)sc1-c1ccc(N(c2ccc(C)cc2)c2ccc(C)cc2)cc1. The van der Waals surface area contributed by atoms with E-state index in [4.69, 9.17) is 0 Å². The summed E-state index contributed by atoms with van der Waals surface area (Å²) < 4.78 is 0. The smallest absolute Gasteiger partial charge is 0.346 e. The number of aryl methyl sites for hydroxylation is 3. The summed E-state index contributed by atoms with van der Waals surface area (Å²) in [6.07, 6.45) is 7.03. The van der Waals surface area contributed by atoms with E-state index in [9.17, 15) is 15.2 Å². The van der Waals surface area contributed by atoms with E-state index in [1.807, 2.05) is 6.07 Å². The van der Waals surface area contributed by atoms with Crippen LogP contribution in [0.3, 0.4) is 0 Å². The maximum Gasteiger partial charge on any atom is 0.346 e. The van der Waals surface area contributed by atoms with Gasteiger partial charge in [0.2, 0.25) is 0 Å². The average Bonchev–Trinajstić information content (AvgIpc) is 3.34. The number of nitrogens with zero attached hydrogens (tertiary/aromatic N) is 2. The van der Waals surface area contributed by atoms with Crippen LogP contribution in [-0.2, 0) is 11.2 Å². The van der Waals surface area contributed by atoms with Crippen molar-refractivity contribution in [3.05, 3.63) is 106 Å². The van der Waals surface area contributed by atoms with Crippen molar-refractivity contribution < 1.29 is 9.90 Å². The van der Waals surface area contributed by atoms with E-state index in [1.165, 1.54) is 35.6 Å². The highest BCUT2D eigenvalue weighted by molar-refractivity contribution is 7.16. The molecule has 4 rings (SSSR count). The molecule has 198 valence electrons. The van der Waals surface area contributed by atoms with Crippen molar-refractivity contribution in [2.45, 2.75) is 52.9 Å². The topological polar surface area (TPSA) is 64.3 Å².